The zero-order valence-corrected chi connectivity index (χ0v) is 19.3. The maximum Gasteiger partial charge on any atom is 0.118 e. The summed E-state index contributed by atoms with van der Waals surface area (Å²) >= 11 is 0. The Kier molecular flexibility index (Phi) is 5.55. The molecule has 6 heteroatoms. The van der Waals surface area contributed by atoms with Crippen molar-refractivity contribution in [1.29, 1.82) is 0 Å². The van der Waals surface area contributed by atoms with Crippen molar-refractivity contribution in [2.24, 2.45) is 0 Å². The van der Waals surface area contributed by atoms with Crippen molar-refractivity contribution in [3.8, 4) is 16.9 Å². The standard InChI is InChI=1S/C27H20N4O.Pd/c1-32-24-10-2-17(3-11-24)27-25-12-8-22(30-25)15-20-6-4-18(28-20)14-19-5-7-21(29-19)16-23-9-13-26(27)31-23;/h2-16,28,31H,1H3;. The van der Waals surface area contributed by atoms with Crippen molar-refractivity contribution in [3.05, 3.63) is 89.5 Å². The quantitative estimate of drug-likeness (QED) is 0.261. The van der Waals surface area contributed by atoms with Crippen molar-refractivity contribution < 1.29 is 25.2 Å². The summed E-state index contributed by atoms with van der Waals surface area (Å²) in [6, 6.07) is 22.5. The number of nitrogens with one attached hydrogen (secondary N) is 2. The first-order valence-electron chi connectivity index (χ1n) is 10.5. The molecule has 2 aliphatic rings. The summed E-state index contributed by atoms with van der Waals surface area (Å²) in [4.78, 5) is 16.6. The number of methoxy groups -OCH3 is 1. The number of fused-ring (bicyclic) bond motifs is 8. The number of nitrogens with zero attached hydrogens (tertiary/aromatic N) is 2. The molecule has 2 N–H and O–H groups in total. The summed E-state index contributed by atoms with van der Waals surface area (Å²) in [5.41, 5.74) is 9.74. The van der Waals surface area contributed by atoms with Gasteiger partial charge in [0.05, 0.1) is 29.9 Å². The fourth-order valence-electron chi connectivity index (χ4n) is 4.07. The van der Waals surface area contributed by atoms with Crippen LogP contribution in [0.3, 0.4) is 0 Å². The largest absolute Gasteiger partial charge is 0.497 e. The average Bonchev–Trinajstić information content (AvgIpc) is 3.60. The first-order chi connectivity index (χ1) is 15.7. The van der Waals surface area contributed by atoms with E-state index in [1.165, 1.54) is 0 Å². The molecule has 164 valence electrons. The second kappa shape index (κ2) is 8.67. The topological polar surface area (TPSA) is 66.6 Å². The molecule has 5 heterocycles. The molecule has 0 saturated carbocycles. The van der Waals surface area contributed by atoms with Crippen LogP contribution in [0, 0.1) is 0 Å². The van der Waals surface area contributed by atoms with Gasteiger partial charge in [0.25, 0.3) is 0 Å². The van der Waals surface area contributed by atoms with Crippen LogP contribution in [-0.4, -0.2) is 27.0 Å². The minimum Gasteiger partial charge on any atom is -0.497 e. The molecule has 0 aliphatic carbocycles. The number of hydrogen-bond donors (Lipinski definition) is 2. The molecule has 4 aromatic rings. The van der Waals surface area contributed by atoms with Gasteiger partial charge < -0.3 is 14.7 Å². The summed E-state index contributed by atoms with van der Waals surface area (Å²) in [6.07, 6.45) is 8.16. The Hall–Kier alpha value is -3.72. The van der Waals surface area contributed by atoms with Crippen LogP contribution in [0.15, 0.2) is 66.7 Å². The minimum atomic E-state index is 0. The molecule has 8 bridgehead atoms. The summed E-state index contributed by atoms with van der Waals surface area (Å²) in [6.45, 7) is 0. The zero-order chi connectivity index (χ0) is 21.5. The van der Waals surface area contributed by atoms with Crippen LogP contribution >= 0.6 is 0 Å². The van der Waals surface area contributed by atoms with Gasteiger partial charge in [0.1, 0.15) is 5.75 Å². The van der Waals surface area contributed by atoms with E-state index in [0.717, 1.165) is 61.7 Å². The molecule has 0 fully saturated rings. The number of aromatic nitrogens is 4. The van der Waals surface area contributed by atoms with Gasteiger partial charge in [0, 0.05) is 48.1 Å². The van der Waals surface area contributed by atoms with Crippen LogP contribution in [0.25, 0.3) is 57.5 Å². The van der Waals surface area contributed by atoms with E-state index in [4.69, 9.17) is 14.7 Å². The fraction of sp³-hybridized carbons (Fsp3) is 0.0370. The molecule has 6 rings (SSSR count). The van der Waals surface area contributed by atoms with E-state index in [9.17, 15) is 0 Å². The summed E-state index contributed by atoms with van der Waals surface area (Å²) in [5, 5.41) is 0. The van der Waals surface area contributed by atoms with E-state index in [-0.39, 0.29) is 20.4 Å². The monoisotopic (exact) mass is 522 g/mol. The first-order valence-corrected chi connectivity index (χ1v) is 10.5. The van der Waals surface area contributed by atoms with Crippen molar-refractivity contribution in [2.45, 2.75) is 0 Å². The molecule has 0 atom stereocenters. The predicted molar refractivity (Wildman–Crippen MR) is 131 cm³/mol. The number of ether oxygens (including phenoxy) is 1. The van der Waals surface area contributed by atoms with Crippen LogP contribution in [-0.2, 0) is 20.4 Å². The van der Waals surface area contributed by atoms with Gasteiger partial charge in [-0.1, -0.05) is 12.1 Å². The van der Waals surface area contributed by atoms with Gasteiger partial charge in [-0.25, -0.2) is 9.97 Å². The molecule has 2 aliphatic heterocycles. The molecular formula is C27H20N4OPd. The molecule has 0 saturated heterocycles. The maximum atomic E-state index is 5.34. The summed E-state index contributed by atoms with van der Waals surface area (Å²) in [5.74, 6) is 0.824. The second-order valence-electron chi connectivity index (χ2n) is 7.78. The predicted octanol–water partition coefficient (Wildman–Crippen LogP) is 6.33. The average molecular weight is 523 g/mol. The molecule has 3 aromatic heterocycles. The van der Waals surface area contributed by atoms with Crippen molar-refractivity contribution >= 4 is 46.4 Å². The van der Waals surface area contributed by atoms with Gasteiger partial charge in [0.2, 0.25) is 0 Å². The number of aromatic amines is 2. The van der Waals surface area contributed by atoms with Crippen LogP contribution in [0.5, 0.6) is 5.75 Å². The number of benzene rings is 1. The molecule has 0 unspecified atom stereocenters. The van der Waals surface area contributed by atoms with Gasteiger partial charge >= 0.3 is 0 Å². The van der Waals surface area contributed by atoms with Crippen molar-refractivity contribution in [1.82, 2.24) is 19.9 Å². The summed E-state index contributed by atoms with van der Waals surface area (Å²) < 4.78 is 5.34. The van der Waals surface area contributed by atoms with Crippen molar-refractivity contribution in [3.63, 3.8) is 0 Å². The normalized spacial score (nSPS) is 11.9. The third-order valence-corrected chi connectivity index (χ3v) is 5.60. The van der Waals surface area contributed by atoms with Gasteiger partial charge in [0.15, 0.2) is 0 Å². The van der Waals surface area contributed by atoms with E-state index in [0.29, 0.717) is 0 Å². The van der Waals surface area contributed by atoms with Crippen LogP contribution in [0.1, 0.15) is 22.8 Å². The van der Waals surface area contributed by atoms with E-state index < -0.39 is 0 Å². The number of hydrogen-bond acceptors (Lipinski definition) is 3. The molecule has 0 amide bonds. The Morgan fingerprint density at radius 2 is 1.21 bits per heavy atom. The Morgan fingerprint density at radius 1 is 0.636 bits per heavy atom. The Morgan fingerprint density at radius 3 is 1.88 bits per heavy atom. The zero-order valence-electron chi connectivity index (χ0n) is 17.8. The first kappa shape index (κ1) is 21.1. The Labute approximate surface area is 204 Å². The molecule has 5 nitrogen and oxygen atoms in total. The number of H-pyrrole nitrogens is 2. The fourth-order valence-corrected chi connectivity index (χ4v) is 4.07. The molecule has 1 aromatic carbocycles. The van der Waals surface area contributed by atoms with Gasteiger partial charge in [-0.3, -0.25) is 0 Å². The van der Waals surface area contributed by atoms with E-state index in [1.807, 2.05) is 36.4 Å². The summed E-state index contributed by atoms with van der Waals surface area (Å²) in [7, 11) is 1.68. The molecule has 0 radical (unpaired) electrons. The minimum absolute atomic E-state index is 0. The number of rotatable bonds is 2. The smallest absolute Gasteiger partial charge is 0.118 e. The van der Waals surface area contributed by atoms with Gasteiger partial charge in [-0.05, 0) is 84.5 Å². The van der Waals surface area contributed by atoms with Crippen LogP contribution < -0.4 is 4.74 Å². The van der Waals surface area contributed by atoms with Crippen LogP contribution in [0.4, 0.5) is 0 Å². The third kappa shape index (κ3) is 4.19. The van der Waals surface area contributed by atoms with Gasteiger partial charge in [-0.15, -0.1) is 0 Å². The maximum absolute atomic E-state index is 5.34. The Balaban J connectivity index is 0.00000228. The molecule has 33 heavy (non-hydrogen) atoms. The van der Waals surface area contributed by atoms with Crippen molar-refractivity contribution in [2.75, 3.05) is 7.11 Å². The SMILES string of the molecule is COc1ccc(-c2c3nc(cc4ccc(cc5nc(cc6ccc2[nH]6)C=C5)[nH]4)C=C3)cc1.[Pd]. The molecule has 0 spiro atoms. The third-order valence-electron chi connectivity index (χ3n) is 5.60. The van der Waals surface area contributed by atoms with E-state index in [1.54, 1.807) is 7.11 Å². The van der Waals surface area contributed by atoms with E-state index >= 15 is 0 Å². The molecular weight excluding hydrogens is 503 g/mol. The van der Waals surface area contributed by atoms with Crippen LogP contribution in [0.2, 0.25) is 0 Å². The van der Waals surface area contributed by atoms with E-state index in [2.05, 4.69) is 64.6 Å². The second-order valence-corrected chi connectivity index (χ2v) is 7.78. The Bertz CT molecular complexity index is 1560. The van der Waals surface area contributed by atoms with Gasteiger partial charge in [-0.2, -0.15) is 0 Å².